The monoisotopic (exact) mass is 420 g/mol. The van der Waals surface area contributed by atoms with Crippen molar-refractivity contribution < 1.29 is 13.9 Å². The average Bonchev–Trinajstić information content (AvgIpc) is 2.80. The number of anilines is 1. The van der Waals surface area contributed by atoms with Gasteiger partial charge in [-0.05, 0) is 55.3 Å². The predicted octanol–water partition coefficient (Wildman–Crippen LogP) is 3.63. The van der Waals surface area contributed by atoms with Gasteiger partial charge in [-0.1, -0.05) is 12.1 Å². The van der Waals surface area contributed by atoms with E-state index in [0.717, 1.165) is 34.0 Å². The van der Waals surface area contributed by atoms with E-state index in [4.69, 9.17) is 4.74 Å². The third-order valence-electron chi connectivity index (χ3n) is 5.44. The number of aromatic nitrogens is 2. The minimum atomic E-state index is -0.277. The second-order valence-electron chi connectivity index (χ2n) is 7.69. The lowest BCUT2D eigenvalue weighted by molar-refractivity contribution is -0.133. The molecule has 1 fully saturated rings. The van der Waals surface area contributed by atoms with Crippen molar-refractivity contribution >= 4 is 11.7 Å². The highest BCUT2D eigenvalue weighted by molar-refractivity contribution is 5.78. The number of nitrogens with zero attached hydrogens (tertiary/aromatic N) is 4. The number of carbonyl (C=O) groups is 1. The molecule has 0 atom stereocenters. The lowest BCUT2D eigenvalue weighted by atomic mass is 10.1. The molecular weight excluding hydrogens is 395 g/mol. The van der Waals surface area contributed by atoms with Crippen molar-refractivity contribution in [3.8, 4) is 17.0 Å². The van der Waals surface area contributed by atoms with E-state index in [0.29, 0.717) is 26.2 Å². The summed E-state index contributed by atoms with van der Waals surface area (Å²) in [6, 6.07) is 14.1. The van der Waals surface area contributed by atoms with Gasteiger partial charge in [0.1, 0.15) is 23.7 Å². The summed E-state index contributed by atoms with van der Waals surface area (Å²) < 4.78 is 18.9. The molecule has 0 unspecified atom stereocenters. The molecule has 6 nitrogen and oxygen atoms in total. The minimum absolute atomic E-state index is 0.0183. The van der Waals surface area contributed by atoms with Gasteiger partial charge in [-0.2, -0.15) is 0 Å². The largest absolute Gasteiger partial charge is 0.483 e. The summed E-state index contributed by atoms with van der Waals surface area (Å²) in [5.74, 6) is 1.25. The van der Waals surface area contributed by atoms with Crippen LogP contribution in [0.1, 0.15) is 11.1 Å². The van der Waals surface area contributed by atoms with E-state index in [1.165, 1.54) is 18.5 Å². The second-order valence-corrected chi connectivity index (χ2v) is 7.69. The zero-order valence-corrected chi connectivity index (χ0v) is 17.7. The Bertz CT molecular complexity index is 1060. The zero-order chi connectivity index (χ0) is 21.8. The quantitative estimate of drug-likeness (QED) is 0.631. The first-order valence-corrected chi connectivity index (χ1v) is 10.3. The summed E-state index contributed by atoms with van der Waals surface area (Å²) in [6.45, 7) is 6.56. The average molecular weight is 420 g/mol. The van der Waals surface area contributed by atoms with Gasteiger partial charge < -0.3 is 14.5 Å². The highest BCUT2D eigenvalue weighted by Crippen LogP contribution is 2.22. The molecule has 1 aromatic heterocycles. The van der Waals surface area contributed by atoms with Crippen LogP contribution in [0.2, 0.25) is 0 Å². The molecule has 4 rings (SSSR count). The number of halogens is 1. The number of rotatable bonds is 5. The van der Waals surface area contributed by atoms with Gasteiger partial charge in [-0.25, -0.2) is 14.4 Å². The molecule has 0 radical (unpaired) electrons. The standard InChI is InChI=1S/C24H25FN4O2/c1-17-3-4-18(2)22(13-17)31-15-24(30)29-11-9-28(10-12-29)23-14-21(26-16-27-23)19-5-7-20(25)8-6-19/h3-8,13-14,16H,9-12,15H2,1-2H3. The molecule has 1 saturated heterocycles. The van der Waals surface area contributed by atoms with Crippen LogP contribution in [0.15, 0.2) is 54.9 Å². The summed E-state index contributed by atoms with van der Waals surface area (Å²) in [7, 11) is 0. The van der Waals surface area contributed by atoms with Gasteiger partial charge in [0.05, 0.1) is 5.69 Å². The Hall–Kier alpha value is -3.48. The summed E-state index contributed by atoms with van der Waals surface area (Å²) in [6.07, 6.45) is 1.52. The summed E-state index contributed by atoms with van der Waals surface area (Å²) in [4.78, 5) is 25.2. The van der Waals surface area contributed by atoms with Gasteiger partial charge in [0.25, 0.3) is 5.91 Å². The molecule has 1 amide bonds. The molecule has 2 heterocycles. The Morgan fingerprint density at radius 2 is 1.74 bits per heavy atom. The van der Waals surface area contributed by atoms with Gasteiger partial charge >= 0.3 is 0 Å². The first-order chi connectivity index (χ1) is 15.0. The molecule has 160 valence electrons. The number of aryl methyl sites for hydroxylation is 2. The SMILES string of the molecule is Cc1ccc(C)c(OCC(=O)N2CCN(c3cc(-c4ccc(F)cc4)ncn3)CC2)c1. The van der Waals surface area contributed by atoms with Crippen LogP contribution < -0.4 is 9.64 Å². The van der Waals surface area contributed by atoms with Gasteiger partial charge in [-0.15, -0.1) is 0 Å². The highest BCUT2D eigenvalue weighted by Gasteiger charge is 2.22. The molecule has 31 heavy (non-hydrogen) atoms. The Balaban J connectivity index is 1.34. The molecule has 1 aliphatic heterocycles. The normalized spacial score (nSPS) is 13.9. The van der Waals surface area contributed by atoms with E-state index in [9.17, 15) is 9.18 Å². The van der Waals surface area contributed by atoms with Crippen LogP contribution in [0.5, 0.6) is 5.75 Å². The van der Waals surface area contributed by atoms with E-state index in [-0.39, 0.29) is 18.3 Å². The predicted molar refractivity (Wildman–Crippen MR) is 118 cm³/mol. The number of amides is 1. The van der Waals surface area contributed by atoms with Crippen molar-refractivity contribution in [1.29, 1.82) is 0 Å². The van der Waals surface area contributed by atoms with Crippen molar-refractivity contribution in [3.05, 3.63) is 71.8 Å². The van der Waals surface area contributed by atoms with E-state index in [1.807, 2.05) is 43.0 Å². The number of ether oxygens (including phenoxy) is 1. The first-order valence-electron chi connectivity index (χ1n) is 10.3. The third kappa shape index (κ3) is 4.99. The molecule has 0 spiro atoms. The number of hydrogen-bond donors (Lipinski definition) is 0. The maximum atomic E-state index is 13.2. The van der Waals surface area contributed by atoms with Crippen molar-refractivity contribution in [3.63, 3.8) is 0 Å². The van der Waals surface area contributed by atoms with Crippen LogP contribution in [0.25, 0.3) is 11.3 Å². The van der Waals surface area contributed by atoms with Crippen LogP contribution in [0, 0.1) is 19.7 Å². The van der Waals surface area contributed by atoms with E-state index < -0.39 is 0 Å². The maximum absolute atomic E-state index is 13.2. The second kappa shape index (κ2) is 9.12. The molecule has 0 N–H and O–H groups in total. The molecule has 2 aromatic carbocycles. The molecule has 7 heteroatoms. The van der Waals surface area contributed by atoms with Crippen molar-refractivity contribution in [1.82, 2.24) is 14.9 Å². The number of carbonyl (C=O) groups excluding carboxylic acids is 1. The number of piperazine rings is 1. The summed E-state index contributed by atoms with van der Waals surface area (Å²) >= 11 is 0. The van der Waals surface area contributed by atoms with E-state index in [2.05, 4.69) is 14.9 Å². The van der Waals surface area contributed by atoms with Gasteiger partial charge in [-0.3, -0.25) is 4.79 Å². The lowest BCUT2D eigenvalue weighted by Crippen LogP contribution is -2.50. The third-order valence-corrected chi connectivity index (χ3v) is 5.44. The fourth-order valence-corrected chi connectivity index (χ4v) is 3.58. The van der Waals surface area contributed by atoms with Crippen LogP contribution in [-0.2, 0) is 4.79 Å². The summed E-state index contributed by atoms with van der Waals surface area (Å²) in [5, 5.41) is 0. The Labute approximate surface area is 181 Å². The van der Waals surface area contributed by atoms with Crippen LogP contribution in [0.4, 0.5) is 10.2 Å². The maximum Gasteiger partial charge on any atom is 0.260 e. The smallest absolute Gasteiger partial charge is 0.260 e. The molecule has 0 saturated carbocycles. The van der Waals surface area contributed by atoms with Crippen molar-refractivity contribution in [2.24, 2.45) is 0 Å². The topological polar surface area (TPSA) is 58.6 Å². The molecule has 3 aromatic rings. The van der Waals surface area contributed by atoms with Gasteiger partial charge in [0, 0.05) is 37.8 Å². The van der Waals surface area contributed by atoms with Crippen LogP contribution in [-0.4, -0.2) is 53.6 Å². The molecule has 1 aliphatic rings. The minimum Gasteiger partial charge on any atom is -0.483 e. The Kier molecular flexibility index (Phi) is 6.11. The van der Waals surface area contributed by atoms with Crippen LogP contribution >= 0.6 is 0 Å². The van der Waals surface area contributed by atoms with E-state index >= 15 is 0 Å². The van der Waals surface area contributed by atoms with Crippen LogP contribution in [0.3, 0.4) is 0 Å². The highest BCUT2D eigenvalue weighted by atomic mass is 19.1. The lowest BCUT2D eigenvalue weighted by Gasteiger charge is -2.35. The Morgan fingerprint density at radius 3 is 2.48 bits per heavy atom. The molecule has 0 bridgehead atoms. The zero-order valence-electron chi connectivity index (χ0n) is 17.7. The fraction of sp³-hybridized carbons (Fsp3) is 0.292. The van der Waals surface area contributed by atoms with E-state index in [1.54, 1.807) is 12.1 Å². The van der Waals surface area contributed by atoms with Crippen molar-refractivity contribution in [2.45, 2.75) is 13.8 Å². The van der Waals surface area contributed by atoms with Gasteiger partial charge in [0.15, 0.2) is 6.61 Å². The first kappa shape index (κ1) is 20.8. The fourth-order valence-electron chi connectivity index (χ4n) is 3.58. The molecular formula is C24H25FN4O2. The Morgan fingerprint density at radius 1 is 1.00 bits per heavy atom. The summed E-state index contributed by atoms with van der Waals surface area (Å²) in [5.41, 5.74) is 3.70. The number of hydrogen-bond acceptors (Lipinski definition) is 5. The van der Waals surface area contributed by atoms with Crippen molar-refractivity contribution in [2.75, 3.05) is 37.7 Å². The number of benzene rings is 2. The molecule has 0 aliphatic carbocycles. The van der Waals surface area contributed by atoms with Gasteiger partial charge in [0.2, 0.25) is 0 Å².